The Bertz CT molecular complexity index is 564. The van der Waals surface area contributed by atoms with Crippen molar-refractivity contribution in [3.8, 4) is 0 Å². The summed E-state index contributed by atoms with van der Waals surface area (Å²) in [5, 5.41) is 9.80. The summed E-state index contributed by atoms with van der Waals surface area (Å²) in [5.41, 5.74) is -0.558. The maximum absolute atomic E-state index is 12.3. The Morgan fingerprint density at radius 1 is 1.26 bits per heavy atom. The van der Waals surface area contributed by atoms with E-state index in [0.29, 0.717) is 25.8 Å². The van der Waals surface area contributed by atoms with Gasteiger partial charge in [-0.15, -0.1) is 0 Å². The second-order valence-corrected chi connectivity index (χ2v) is 7.25. The number of carbonyl (C=O) groups is 2. The van der Waals surface area contributed by atoms with E-state index < -0.39 is 23.1 Å². The van der Waals surface area contributed by atoms with Gasteiger partial charge in [-0.05, 0) is 45.6 Å². The van der Waals surface area contributed by atoms with Crippen LogP contribution in [0.25, 0.3) is 0 Å². The Morgan fingerprint density at radius 2 is 1.91 bits per heavy atom. The Hall–Kier alpha value is -2.04. The van der Waals surface area contributed by atoms with Crippen LogP contribution in [-0.4, -0.2) is 40.8 Å². The van der Waals surface area contributed by atoms with Gasteiger partial charge in [-0.25, -0.2) is 4.79 Å². The summed E-state index contributed by atoms with van der Waals surface area (Å²) in [4.78, 5) is 25.8. The first-order chi connectivity index (χ1) is 10.7. The van der Waals surface area contributed by atoms with Gasteiger partial charge in [0.1, 0.15) is 5.60 Å². The SMILES string of the molecule is CC(C)(C)OC(=O)N1CCCC(Cc2ccccc2)(C(=O)O)C1. The van der Waals surface area contributed by atoms with Crippen molar-refractivity contribution in [2.24, 2.45) is 5.41 Å². The zero-order valence-corrected chi connectivity index (χ0v) is 14.0. The number of likely N-dealkylation sites (tertiary alicyclic amines) is 1. The van der Waals surface area contributed by atoms with Crippen molar-refractivity contribution in [2.75, 3.05) is 13.1 Å². The average Bonchev–Trinajstić information content (AvgIpc) is 2.46. The van der Waals surface area contributed by atoms with Gasteiger partial charge >= 0.3 is 12.1 Å². The van der Waals surface area contributed by atoms with E-state index in [9.17, 15) is 14.7 Å². The molecule has 0 spiro atoms. The molecule has 2 rings (SSSR count). The standard InChI is InChI=1S/C18H25NO4/c1-17(2,3)23-16(22)19-11-7-10-18(13-19,15(20)21)12-14-8-5-4-6-9-14/h4-6,8-9H,7,10-13H2,1-3H3,(H,20,21). The number of carbonyl (C=O) groups excluding carboxylic acids is 1. The molecule has 1 unspecified atom stereocenters. The topological polar surface area (TPSA) is 66.8 Å². The highest BCUT2D eigenvalue weighted by atomic mass is 16.6. The van der Waals surface area contributed by atoms with E-state index in [2.05, 4.69) is 0 Å². The highest BCUT2D eigenvalue weighted by molar-refractivity contribution is 5.77. The van der Waals surface area contributed by atoms with Crippen molar-refractivity contribution >= 4 is 12.1 Å². The van der Waals surface area contributed by atoms with Crippen molar-refractivity contribution in [2.45, 2.75) is 45.6 Å². The predicted octanol–water partition coefficient (Wildman–Crippen LogP) is 3.33. The van der Waals surface area contributed by atoms with Crippen LogP contribution in [0.5, 0.6) is 0 Å². The number of carboxylic acids is 1. The summed E-state index contributed by atoms with van der Waals surface area (Å²) < 4.78 is 5.39. The van der Waals surface area contributed by atoms with Gasteiger partial charge in [-0.2, -0.15) is 0 Å². The number of hydrogen-bond acceptors (Lipinski definition) is 3. The van der Waals surface area contributed by atoms with Gasteiger partial charge in [-0.1, -0.05) is 30.3 Å². The molecule has 23 heavy (non-hydrogen) atoms. The Kier molecular flexibility index (Phi) is 4.97. The maximum Gasteiger partial charge on any atom is 0.410 e. The fraction of sp³-hybridized carbons (Fsp3) is 0.556. The van der Waals surface area contributed by atoms with E-state index in [1.54, 1.807) is 0 Å². The largest absolute Gasteiger partial charge is 0.481 e. The molecule has 0 bridgehead atoms. The lowest BCUT2D eigenvalue weighted by Crippen LogP contribution is -2.52. The third-order valence-corrected chi connectivity index (χ3v) is 4.07. The van der Waals surface area contributed by atoms with Crippen LogP contribution in [0, 0.1) is 5.41 Å². The molecule has 0 radical (unpaired) electrons. The monoisotopic (exact) mass is 319 g/mol. The minimum atomic E-state index is -0.948. The molecule has 126 valence electrons. The van der Waals surface area contributed by atoms with Crippen LogP contribution in [0.15, 0.2) is 30.3 Å². The molecule has 0 aliphatic carbocycles. The molecule has 1 fully saturated rings. The summed E-state index contributed by atoms with van der Waals surface area (Å²) in [5.74, 6) is -0.852. The fourth-order valence-corrected chi connectivity index (χ4v) is 3.00. The first-order valence-corrected chi connectivity index (χ1v) is 7.97. The number of nitrogens with zero attached hydrogens (tertiary/aromatic N) is 1. The van der Waals surface area contributed by atoms with Crippen LogP contribution in [0.4, 0.5) is 4.79 Å². The second-order valence-electron chi connectivity index (χ2n) is 7.25. The molecule has 1 aliphatic rings. The lowest BCUT2D eigenvalue weighted by molar-refractivity contribution is -0.152. The highest BCUT2D eigenvalue weighted by Crippen LogP contribution is 2.34. The van der Waals surface area contributed by atoms with E-state index >= 15 is 0 Å². The number of hydrogen-bond donors (Lipinski definition) is 1. The zero-order valence-electron chi connectivity index (χ0n) is 14.0. The van der Waals surface area contributed by atoms with Crippen LogP contribution in [0.3, 0.4) is 0 Å². The average molecular weight is 319 g/mol. The van der Waals surface area contributed by atoms with Crippen LogP contribution >= 0.6 is 0 Å². The fourth-order valence-electron chi connectivity index (χ4n) is 3.00. The number of aliphatic carboxylic acids is 1. The normalized spacial score (nSPS) is 21.8. The molecule has 1 aromatic carbocycles. The first kappa shape index (κ1) is 17.3. The Morgan fingerprint density at radius 3 is 2.48 bits per heavy atom. The minimum absolute atomic E-state index is 0.187. The predicted molar refractivity (Wildman–Crippen MR) is 87.3 cm³/mol. The number of amides is 1. The van der Waals surface area contributed by atoms with Gasteiger partial charge < -0.3 is 14.7 Å². The van der Waals surface area contributed by atoms with Crippen molar-refractivity contribution < 1.29 is 19.4 Å². The molecule has 0 aromatic heterocycles. The van der Waals surface area contributed by atoms with Crippen LogP contribution in [-0.2, 0) is 16.0 Å². The third kappa shape index (κ3) is 4.47. The van der Waals surface area contributed by atoms with Gasteiger partial charge in [0.2, 0.25) is 0 Å². The number of carboxylic acid groups (broad SMARTS) is 1. The van der Waals surface area contributed by atoms with E-state index in [1.807, 2.05) is 51.1 Å². The zero-order chi connectivity index (χ0) is 17.1. The Labute approximate surface area is 137 Å². The summed E-state index contributed by atoms with van der Waals surface area (Å²) in [6.45, 7) is 6.15. The van der Waals surface area contributed by atoms with Crippen molar-refractivity contribution in [3.05, 3.63) is 35.9 Å². The van der Waals surface area contributed by atoms with Crippen LogP contribution in [0.2, 0.25) is 0 Å². The molecule has 1 amide bonds. The van der Waals surface area contributed by atoms with Crippen molar-refractivity contribution in [1.29, 1.82) is 0 Å². The molecule has 1 heterocycles. The maximum atomic E-state index is 12.3. The molecule has 1 aromatic rings. The number of benzene rings is 1. The van der Waals surface area contributed by atoms with E-state index in [-0.39, 0.29) is 6.54 Å². The lowest BCUT2D eigenvalue weighted by atomic mass is 9.75. The Balaban J connectivity index is 2.17. The molecule has 0 saturated carbocycles. The molecular weight excluding hydrogens is 294 g/mol. The number of rotatable bonds is 3. The van der Waals surface area contributed by atoms with Gasteiger partial charge in [0.15, 0.2) is 0 Å². The van der Waals surface area contributed by atoms with E-state index in [4.69, 9.17) is 4.74 Å². The van der Waals surface area contributed by atoms with Crippen molar-refractivity contribution in [1.82, 2.24) is 4.90 Å². The number of ether oxygens (including phenoxy) is 1. The molecule has 5 nitrogen and oxygen atoms in total. The highest BCUT2D eigenvalue weighted by Gasteiger charge is 2.44. The molecule has 1 N–H and O–H groups in total. The molecule has 1 atom stereocenters. The van der Waals surface area contributed by atoms with Crippen LogP contribution in [0.1, 0.15) is 39.2 Å². The quantitative estimate of drug-likeness (QED) is 0.928. The number of piperidine rings is 1. The van der Waals surface area contributed by atoms with Gasteiger partial charge in [0, 0.05) is 13.1 Å². The summed E-state index contributed by atoms with van der Waals surface area (Å²) >= 11 is 0. The van der Waals surface area contributed by atoms with E-state index in [1.165, 1.54) is 4.90 Å². The van der Waals surface area contributed by atoms with Crippen LogP contribution < -0.4 is 0 Å². The van der Waals surface area contributed by atoms with E-state index in [0.717, 1.165) is 5.56 Å². The summed E-state index contributed by atoms with van der Waals surface area (Å²) in [7, 11) is 0. The van der Waals surface area contributed by atoms with Gasteiger partial charge in [-0.3, -0.25) is 4.79 Å². The second kappa shape index (κ2) is 6.60. The van der Waals surface area contributed by atoms with Gasteiger partial charge in [0.05, 0.1) is 5.41 Å². The summed E-state index contributed by atoms with van der Waals surface area (Å²) in [6, 6.07) is 9.57. The van der Waals surface area contributed by atoms with Crippen molar-refractivity contribution in [3.63, 3.8) is 0 Å². The van der Waals surface area contributed by atoms with Gasteiger partial charge in [0.25, 0.3) is 0 Å². The first-order valence-electron chi connectivity index (χ1n) is 7.97. The minimum Gasteiger partial charge on any atom is -0.481 e. The smallest absolute Gasteiger partial charge is 0.410 e. The molecule has 5 heteroatoms. The lowest BCUT2D eigenvalue weighted by Gasteiger charge is -2.40. The summed E-state index contributed by atoms with van der Waals surface area (Å²) in [6.07, 6.45) is 1.22. The molecule has 1 aliphatic heterocycles. The molecular formula is C18H25NO4. The third-order valence-electron chi connectivity index (χ3n) is 4.07. The molecule has 1 saturated heterocycles.